The third kappa shape index (κ3) is 13.7. The van der Waals surface area contributed by atoms with Crippen molar-refractivity contribution in [3.8, 4) is 0 Å². The molecule has 1 atom stereocenters. The van der Waals surface area contributed by atoms with Gasteiger partial charge in [0.05, 0.1) is 6.61 Å². The summed E-state index contributed by atoms with van der Waals surface area (Å²) in [5.74, 6) is -0.917. The number of carbonyl (C=O) groups is 2. The minimum absolute atomic E-state index is 0.418. The lowest BCUT2D eigenvalue weighted by molar-refractivity contribution is -0.165. The van der Waals surface area contributed by atoms with Crippen LogP contribution in [0.2, 0.25) is 0 Å². The van der Waals surface area contributed by atoms with Crippen LogP contribution in [0, 0.1) is 0 Å². The monoisotopic (exact) mass is 300 g/mol. The Kier molecular flexibility index (Phi) is 13.2. The number of hydrogen-bond acceptors (Lipinski definition) is 4. The number of esters is 2. The summed E-state index contributed by atoms with van der Waals surface area (Å²) in [6.45, 7) is 5.47. The first-order valence-electron chi connectivity index (χ1n) is 8.41. The van der Waals surface area contributed by atoms with E-state index in [1.807, 2.05) is 0 Å². The van der Waals surface area contributed by atoms with Crippen LogP contribution < -0.4 is 0 Å². The standard InChI is InChI=1S/C17H32O4/c1-4-5-6-7-8-9-10-11-12-13-14-20-17(19)15(2)21-16(3)18/h15H,4-14H2,1-3H3. The molecule has 0 amide bonds. The second-order valence-corrected chi connectivity index (χ2v) is 5.60. The normalized spacial score (nSPS) is 12.0. The molecule has 0 radical (unpaired) electrons. The maximum Gasteiger partial charge on any atom is 0.347 e. The third-order valence-corrected chi connectivity index (χ3v) is 3.42. The molecular formula is C17H32O4. The van der Waals surface area contributed by atoms with E-state index in [2.05, 4.69) is 6.92 Å². The van der Waals surface area contributed by atoms with Gasteiger partial charge in [-0.05, 0) is 13.3 Å². The molecule has 0 fully saturated rings. The Labute approximate surface area is 129 Å². The first-order valence-corrected chi connectivity index (χ1v) is 8.41. The third-order valence-electron chi connectivity index (χ3n) is 3.42. The minimum atomic E-state index is -0.800. The smallest absolute Gasteiger partial charge is 0.347 e. The summed E-state index contributed by atoms with van der Waals surface area (Å²) in [6.07, 6.45) is 11.7. The van der Waals surface area contributed by atoms with Crippen LogP contribution in [0.3, 0.4) is 0 Å². The maximum absolute atomic E-state index is 11.4. The number of unbranched alkanes of at least 4 members (excludes halogenated alkanes) is 9. The van der Waals surface area contributed by atoms with Gasteiger partial charge >= 0.3 is 11.9 Å². The van der Waals surface area contributed by atoms with Crippen molar-refractivity contribution in [2.75, 3.05) is 6.61 Å². The molecule has 124 valence electrons. The van der Waals surface area contributed by atoms with Crippen LogP contribution in [-0.4, -0.2) is 24.6 Å². The second-order valence-electron chi connectivity index (χ2n) is 5.60. The van der Waals surface area contributed by atoms with Crippen molar-refractivity contribution in [2.45, 2.75) is 91.1 Å². The highest BCUT2D eigenvalue weighted by Crippen LogP contribution is 2.10. The molecule has 0 aromatic rings. The molecule has 0 heterocycles. The van der Waals surface area contributed by atoms with Crippen molar-refractivity contribution in [2.24, 2.45) is 0 Å². The molecule has 21 heavy (non-hydrogen) atoms. The van der Waals surface area contributed by atoms with Gasteiger partial charge < -0.3 is 9.47 Å². The molecule has 0 saturated heterocycles. The van der Waals surface area contributed by atoms with Gasteiger partial charge in [0.15, 0.2) is 6.10 Å². The van der Waals surface area contributed by atoms with Crippen LogP contribution in [0.1, 0.15) is 85.0 Å². The summed E-state index contributed by atoms with van der Waals surface area (Å²) in [7, 11) is 0. The molecular weight excluding hydrogens is 268 g/mol. The van der Waals surface area contributed by atoms with E-state index in [1.165, 1.54) is 65.2 Å². The number of rotatable bonds is 13. The zero-order valence-electron chi connectivity index (χ0n) is 14.0. The molecule has 4 heteroatoms. The Morgan fingerprint density at radius 2 is 1.33 bits per heavy atom. The fourth-order valence-corrected chi connectivity index (χ4v) is 2.18. The van der Waals surface area contributed by atoms with Crippen molar-refractivity contribution in [3.05, 3.63) is 0 Å². The molecule has 0 aromatic heterocycles. The topological polar surface area (TPSA) is 52.6 Å². The summed E-state index contributed by atoms with van der Waals surface area (Å²) in [4.78, 5) is 22.1. The molecule has 0 aromatic carbocycles. The molecule has 0 spiro atoms. The van der Waals surface area contributed by atoms with E-state index in [0.717, 1.165) is 12.8 Å². The molecule has 4 nitrogen and oxygen atoms in total. The lowest BCUT2D eigenvalue weighted by Gasteiger charge is -2.11. The van der Waals surface area contributed by atoms with Gasteiger partial charge in [-0.2, -0.15) is 0 Å². The zero-order chi connectivity index (χ0) is 15.9. The van der Waals surface area contributed by atoms with E-state index in [4.69, 9.17) is 9.47 Å². The van der Waals surface area contributed by atoms with Gasteiger partial charge in [0.2, 0.25) is 0 Å². The fraction of sp³-hybridized carbons (Fsp3) is 0.882. The molecule has 0 saturated carbocycles. The van der Waals surface area contributed by atoms with Gasteiger partial charge in [0, 0.05) is 6.92 Å². The molecule has 0 bridgehead atoms. The van der Waals surface area contributed by atoms with Crippen molar-refractivity contribution >= 4 is 11.9 Å². The second kappa shape index (κ2) is 13.9. The molecule has 0 rings (SSSR count). The average molecular weight is 300 g/mol. The number of hydrogen-bond donors (Lipinski definition) is 0. The Morgan fingerprint density at radius 1 is 0.857 bits per heavy atom. The summed E-state index contributed by atoms with van der Waals surface area (Å²) >= 11 is 0. The molecule has 0 aliphatic rings. The van der Waals surface area contributed by atoms with Crippen LogP contribution in [-0.2, 0) is 19.1 Å². The Morgan fingerprint density at radius 3 is 1.81 bits per heavy atom. The van der Waals surface area contributed by atoms with Gasteiger partial charge in [-0.15, -0.1) is 0 Å². The van der Waals surface area contributed by atoms with Crippen LogP contribution in [0.4, 0.5) is 0 Å². The van der Waals surface area contributed by atoms with Crippen molar-refractivity contribution in [1.82, 2.24) is 0 Å². The van der Waals surface area contributed by atoms with Crippen molar-refractivity contribution in [1.29, 1.82) is 0 Å². The Balaban J connectivity index is 3.28. The highest BCUT2D eigenvalue weighted by Gasteiger charge is 2.16. The molecule has 0 aliphatic heterocycles. The predicted octanol–water partition coefficient (Wildman–Crippen LogP) is 4.40. The first kappa shape index (κ1) is 19.9. The fourth-order valence-electron chi connectivity index (χ4n) is 2.18. The summed E-state index contributed by atoms with van der Waals surface area (Å²) < 4.78 is 9.81. The maximum atomic E-state index is 11.4. The van der Waals surface area contributed by atoms with Crippen LogP contribution in [0.5, 0.6) is 0 Å². The lowest BCUT2D eigenvalue weighted by atomic mass is 10.1. The quantitative estimate of drug-likeness (QED) is 0.373. The summed E-state index contributed by atoms with van der Waals surface area (Å²) in [5.41, 5.74) is 0. The van der Waals surface area contributed by atoms with Crippen LogP contribution >= 0.6 is 0 Å². The molecule has 0 N–H and O–H groups in total. The largest absolute Gasteiger partial charge is 0.463 e. The predicted molar refractivity (Wildman–Crippen MR) is 84.0 cm³/mol. The van der Waals surface area contributed by atoms with Crippen LogP contribution in [0.15, 0.2) is 0 Å². The SMILES string of the molecule is CCCCCCCCCCCCOC(=O)C(C)OC(C)=O. The average Bonchev–Trinajstić information content (AvgIpc) is 2.43. The van der Waals surface area contributed by atoms with E-state index >= 15 is 0 Å². The van der Waals surface area contributed by atoms with E-state index < -0.39 is 18.0 Å². The van der Waals surface area contributed by atoms with Crippen molar-refractivity contribution in [3.63, 3.8) is 0 Å². The van der Waals surface area contributed by atoms with E-state index in [1.54, 1.807) is 0 Å². The summed E-state index contributed by atoms with van der Waals surface area (Å²) in [5, 5.41) is 0. The number of carbonyl (C=O) groups excluding carboxylic acids is 2. The van der Waals surface area contributed by atoms with Gasteiger partial charge in [0.25, 0.3) is 0 Å². The Bertz CT molecular complexity index is 276. The summed E-state index contributed by atoms with van der Waals surface area (Å²) in [6, 6.07) is 0. The van der Waals surface area contributed by atoms with E-state index in [-0.39, 0.29) is 0 Å². The van der Waals surface area contributed by atoms with Gasteiger partial charge in [-0.1, -0.05) is 64.7 Å². The molecule has 0 aliphatic carbocycles. The van der Waals surface area contributed by atoms with Crippen molar-refractivity contribution < 1.29 is 19.1 Å². The highest BCUT2D eigenvalue weighted by molar-refractivity contribution is 5.78. The van der Waals surface area contributed by atoms with Gasteiger partial charge in [0.1, 0.15) is 0 Å². The Hall–Kier alpha value is -1.06. The van der Waals surface area contributed by atoms with E-state index in [9.17, 15) is 9.59 Å². The van der Waals surface area contributed by atoms with E-state index in [0.29, 0.717) is 6.61 Å². The first-order chi connectivity index (χ1) is 10.1. The number of ether oxygens (including phenoxy) is 2. The molecule has 1 unspecified atom stereocenters. The van der Waals surface area contributed by atoms with Gasteiger partial charge in [-0.3, -0.25) is 4.79 Å². The minimum Gasteiger partial charge on any atom is -0.463 e. The van der Waals surface area contributed by atoms with Crippen LogP contribution in [0.25, 0.3) is 0 Å². The van der Waals surface area contributed by atoms with Gasteiger partial charge in [-0.25, -0.2) is 4.79 Å². The zero-order valence-corrected chi connectivity index (χ0v) is 14.0. The lowest BCUT2D eigenvalue weighted by Crippen LogP contribution is -2.25. The highest BCUT2D eigenvalue weighted by atomic mass is 16.6.